The first-order valence-electron chi connectivity index (χ1n) is 10.6. The average molecular weight is 463 g/mol. The predicted molar refractivity (Wildman–Crippen MR) is 123 cm³/mol. The highest BCUT2D eigenvalue weighted by Crippen LogP contribution is 2.28. The highest BCUT2D eigenvalue weighted by Gasteiger charge is 2.28. The van der Waals surface area contributed by atoms with Gasteiger partial charge in [0.15, 0.2) is 15.6 Å². The molecule has 9 heteroatoms. The van der Waals surface area contributed by atoms with Gasteiger partial charge >= 0.3 is 0 Å². The Morgan fingerprint density at radius 2 is 1.64 bits per heavy atom. The van der Waals surface area contributed by atoms with Gasteiger partial charge in [-0.2, -0.15) is 0 Å². The van der Waals surface area contributed by atoms with E-state index < -0.39 is 15.1 Å². The fourth-order valence-corrected chi connectivity index (χ4v) is 5.60. The fourth-order valence-electron chi connectivity index (χ4n) is 3.88. The maximum absolute atomic E-state index is 12.9. The Kier molecular flexibility index (Phi) is 5.65. The number of phenolic OH excluding ortho intramolecular Hbond substituents is 1. The first-order valence-corrected chi connectivity index (χ1v) is 12.2. The molecule has 0 radical (unpaired) electrons. The first-order chi connectivity index (χ1) is 16.0. The number of aromatic hydroxyl groups is 1. The molecule has 2 aromatic heterocycles. The van der Waals surface area contributed by atoms with Gasteiger partial charge in [0, 0.05) is 23.7 Å². The molecule has 1 aliphatic heterocycles. The molecule has 1 atom stereocenters. The van der Waals surface area contributed by atoms with Crippen molar-refractivity contribution in [2.75, 3.05) is 13.1 Å². The molecule has 5 rings (SSSR count). The summed E-state index contributed by atoms with van der Waals surface area (Å²) in [5.41, 5.74) is 3.28. The zero-order valence-electron chi connectivity index (χ0n) is 17.7. The van der Waals surface area contributed by atoms with Crippen LogP contribution in [0.15, 0.2) is 76.4 Å². The number of nitrogens with one attached hydrogen (secondary N) is 1. The smallest absolute Gasteiger partial charge is 0.187 e. The molecule has 0 spiro atoms. The van der Waals surface area contributed by atoms with Crippen LogP contribution in [0.1, 0.15) is 12.8 Å². The van der Waals surface area contributed by atoms with E-state index in [0.29, 0.717) is 40.7 Å². The van der Waals surface area contributed by atoms with Crippen molar-refractivity contribution in [3.05, 3.63) is 67.0 Å². The molecule has 1 aliphatic rings. The van der Waals surface area contributed by atoms with Crippen molar-refractivity contribution in [2.24, 2.45) is 0 Å². The van der Waals surface area contributed by atoms with E-state index in [1.807, 2.05) is 0 Å². The minimum atomic E-state index is -3.38. The summed E-state index contributed by atoms with van der Waals surface area (Å²) in [5.74, 6) is 0.631. The van der Waals surface area contributed by atoms with Crippen LogP contribution >= 0.6 is 0 Å². The van der Waals surface area contributed by atoms with Crippen molar-refractivity contribution >= 4 is 9.84 Å². The quantitative estimate of drug-likeness (QED) is 0.461. The third-order valence-corrected chi connectivity index (χ3v) is 7.94. The number of hydrogen-bond acceptors (Lipinski definition) is 8. The lowest BCUT2D eigenvalue weighted by molar-refractivity contribution is 0.433. The van der Waals surface area contributed by atoms with E-state index in [2.05, 4.69) is 20.4 Å². The summed E-state index contributed by atoms with van der Waals surface area (Å²) in [7, 11) is -3.38. The minimum Gasteiger partial charge on any atom is -0.508 e. The number of piperidine rings is 1. The summed E-state index contributed by atoms with van der Waals surface area (Å²) in [6.07, 6.45) is 4.74. The number of rotatable bonds is 5. The number of nitrogens with zero attached hydrogens (tertiary/aromatic N) is 3. The van der Waals surface area contributed by atoms with E-state index in [9.17, 15) is 13.5 Å². The lowest BCUT2D eigenvalue weighted by Crippen LogP contribution is -2.38. The molecule has 1 fully saturated rings. The van der Waals surface area contributed by atoms with Crippen molar-refractivity contribution < 1.29 is 18.0 Å². The summed E-state index contributed by atoms with van der Waals surface area (Å²) in [4.78, 5) is 9.20. The Balaban J connectivity index is 1.39. The van der Waals surface area contributed by atoms with Gasteiger partial charge in [0.1, 0.15) is 17.1 Å². The first kappa shape index (κ1) is 21.3. The van der Waals surface area contributed by atoms with Gasteiger partial charge < -0.3 is 14.9 Å². The van der Waals surface area contributed by atoms with Crippen LogP contribution in [-0.2, 0) is 9.84 Å². The van der Waals surface area contributed by atoms with Crippen LogP contribution in [0.4, 0.5) is 0 Å². The van der Waals surface area contributed by atoms with E-state index in [1.165, 1.54) is 0 Å². The molecule has 0 aliphatic carbocycles. The molecule has 0 amide bonds. The van der Waals surface area contributed by atoms with Crippen molar-refractivity contribution in [3.8, 4) is 39.7 Å². The fraction of sp³-hybridized carbons (Fsp3) is 0.208. The highest BCUT2D eigenvalue weighted by molar-refractivity contribution is 7.92. The Morgan fingerprint density at radius 1 is 0.939 bits per heavy atom. The van der Waals surface area contributed by atoms with Crippen molar-refractivity contribution in [3.63, 3.8) is 0 Å². The summed E-state index contributed by atoms with van der Waals surface area (Å²) in [6, 6.07) is 15.2. The van der Waals surface area contributed by atoms with Crippen LogP contribution < -0.4 is 5.32 Å². The van der Waals surface area contributed by atoms with E-state index in [-0.39, 0.29) is 5.75 Å². The second-order valence-electron chi connectivity index (χ2n) is 7.95. The lowest BCUT2D eigenvalue weighted by Gasteiger charge is -2.22. The van der Waals surface area contributed by atoms with Crippen molar-refractivity contribution in [1.82, 2.24) is 20.4 Å². The van der Waals surface area contributed by atoms with E-state index in [1.54, 1.807) is 67.0 Å². The normalized spacial score (nSPS) is 16.5. The van der Waals surface area contributed by atoms with Crippen molar-refractivity contribution in [2.45, 2.75) is 23.0 Å². The monoisotopic (exact) mass is 462 g/mol. The Morgan fingerprint density at radius 3 is 2.36 bits per heavy atom. The molecule has 1 unspecified atom stereocenters. The Hall–Kier alpha value is -3.56. The lowest BCUT2D eigenvalue weighted by atomic mass is 10.1. The largest absolute Gasteiger partial charge is 0.508 e. The van der Waals surface area contributed by atoms with E-state index >= 15 is 0 Å². The van der Waals surface area contributed by atoms with Gasteiger partial charge in [0.2, 0.25) is 0 Å². The van der Waals surface area contributed by atoms with Gasteiger partial charge in [-0.25, -0.2) is 13.4 Å². The maximum Gasteiger partial charge on any atom is 0.187 e. The molecule has 8 nitrogen and oxygen atoms in total. The van der Waals surface area contributed by atoms with Crippen LogP contribution in [-0.4, -0.2) is 47.0 Å². The molecule has 2 N–H and O–H groups in total. The standard InChI is InChI=1S/C24H22N4O4S/c29-18-7-3-16(4-8-18)21-12-24(32-28-21)23-15-26-14-22(27-23)17-5-9-19(10-6-17)33(30,31)20-2-1-11-25-13-20/h3-10,12,14-15,20,25,29H,1-2,11,13H2. The second-order valence-corrected chi connectivity index (χ2v) is 10.2. The maximum atomic E-state index is 12.9. The number of sulfone groups is 1. The topological polar surface area (TPSA) is 118 Å². The van der Waals surface area contributed by atoms with E-state index in [4.69, 9.17) is 4.52 Å². The molecule has 168 valence electrons. The number of phenols is 1. The molecular formula is C24H22N4O4S. The van der Waals surface area contributed by atoms with Crippen LogP contribution in [0.5, 0.6) is 5.75 Å². The second kappa shape index (κ2) is 8.76. The Bertz CT molecular complexity index is 1360. The number of benzene rings is 2. The third kappa shape index (κ3) is 4.37. The molecule has 2 aromatic carbocycles. The van der Waals surface area contributed by atoms with Crippen LogP contribution in [0.3, 0.4) is 0 Å². The molecule has 3 heterocycles. The van der Waals surface area contributed by atoms with Gasteiger partial charge in [0.05, 0.1) is 28.2 Å². The number of aromatic nitrogens is 3. The summed E-state index contributed by atoms with van der Waals surface area (Å²) < 4.78 is 31.3. The number of hydrogen-bond donors (Lipinski definition) is 2. The van der Waals surface area contributed by atoms with Crippen LogP contribution in [0, 0.1) is 0 Å². The minimum absolute atomic E-state index is 0.176. The molecule has 1 saturated heterocycles. The highest BCUT2D eigenvalue weighted by atomic mass is 32.2. The van der Waals surface area contributed by atoms with Crippen molar-refractivity contribution in [1.29, 1.82) is 0 Å². The third-order valence-electron chi connectivity index (χ3n) is 5.73. The summed E-state index contributed by atoms with van der Waals surface area (Å²) in [5, 5.41) is 16.3. The SMILES string of the molecule is O=S(=O)(c1ccc(-c2cncc(-c3cc(-c4ccc(O)cc4)no3)n2)cc1)C1CCCNC1. The van der Waals surface area contributed by atoms with Crippen LogP contribution in [0.2, 0.25) is 0 Å². The van der Waals surface area contributed by atoms with Crippen LogP contribution in [0.25, 0.3) is 34.0 Å². The van der Waals surface area contributed by atoms with Gasteiger partial charge in [-0.1, -0.05) is 17.3 Å². The molecule has 0 bridgehead atoms. The van der Waals surface area contributed by atoms with E-state index in [0.717, 1.165) is 24.1 Å². The van der Waals surface area contributed by atoms with Gasteiger partial charge in [-0.3, -0.25) is 4.98 Å². The summed E-state index contributed by atoms with van der Waals surface area (Å²) >= 11 is 0. The molecule has 4 aromatic rings. The molecule has 33 heavy (non-hydrogen) atoms. The molecule has 0 saturated carbocycles. The van der Waals surface area contributed by atoms with Gasteiger partial charge in [-0.05, 0) is 55.8 Å². The zero-order valence-corrected chi connectivity index (χ0v) is 18.5. The van der Waals surface area contributed by atoms with Gasteiger partial charge in [-0.15, -0.1) is 0 Å². The molecular weight excluding hydrogens is 440 g/mol. The Labute approximate surface area is 191 Å². The summed E-state index contributed by atoms with van der Waals surface area (Å²) in [6.45, 7) is 1.35. The zero-order chi connectivity index (χ0) is 22.8. The average Bonchev–Trinajstić information content (AvgIpc) is 3.36. The van der Waals surface area contributed by atoms with Gasteiger partial charge in [0.25, 0.3) is 0 Å². The predicted octanol–water partition coefficient (Wildman–Crippen LogP) is 3.70.